The van der Waals surface area contributed by atoms with E-state index in [0.717, 1.165) is 36.2 Å². The van der Waals surface area contributed by atoms with Gasteiger partial charge in [-0.2, -0.15) is 8.78 Å². The molecule has 0 aliphatic rings. The molecule has 0 aliphatic heterocycles. The van der Waals surface area contributed by atoms with E-state index in [1.54, 1.807) is 13.8 Å². The summed E-state index contributed by atoms with van der Waals surface area (Å²) in [5.74, 6) is -5.69. The van der Waals surface area contributed by atoms with Crippen molar-refractivity contribution in [1.29, 1.82) is 0 Å². The van der Waals surface area contributed by atoms with Gasteiger partial charge in [-0.15, -0.1) is 11.8 Å². The molecule has 2 aromatic rings. The minimum Gasteiger partial charge on any atom is -0.481 e. The number of ether oxygens (including phenoxy) is 1. The molecule has 0 aliphatic carbocycles. The summed E-state index contributed by atoms with van der Waals surface area (Å²) in [6.45, 7) is -0.143. The molecule has 0 bridgehead atoms. The maximum atomic E-state index is 14.0. The lowest BCUT2D eigenvalue weighted by molar-refractivity contribution is -0.140. The highest BCUT2D eigenvalue weighted by atomic mass is 35.5. The Morgan fingerprint density at radius 3 is 2.33 bits per heavy atom. The van der Waals surface area contributed by atoms with Crippen LogP contribution in [-0.2, 0) is 41.2 Å². The number of rotatable bonds is 16. The van der Waals surface area contributed by atoms with Gasteiger partial charge in [0, 0.05) is 28.2 Å². The van der Waals surface area contributed by atoms with E-state index in [1.165, 1.54) is 18.2 Å². The summed E-state index contributed by atoms with van der Waals surface area (Å²) >= 11 is 6.95. The molecule has 16 heteroatoms. The van der Waals surface area contributed by atoms with Crippen molar-refractivity contribution in [2.75, 3.05) is 12.0 Å². The first-order valence-corrected chi connectivity index (χ1v) is 16.0. The van der Waals surface area contributed by atoms with Crippen molar-refractivity contribution in [3.8, 4) is 5.75 Å². The van der Waals surface area contributed by atoms with Crippen LogP contribution in [0.4, 0.5) is 13.2 Å². The Hall–Kier alpha value is -3.30. The largest absolute Gasteiger partial charge is 0.481 e. The summed E-state index contributed by atoms with van der Waals surface area (Å²) in [6.07, 6.45) is -0.521. The third-order valence-electron chi connectivity index (χ3n) is 5.93. The summed E-state index contributed by atoms with van der Waals surface area (Å²) in [5, 5.41) is 14.2. The van der Waals surface area contributed by atoms with Gasteiger partial charge in [0.05, 0.1) is 29.5 Å². The van der Waals surface area contributed by atoms with Crippen molar-refractivity contribution in [3.63, 3.8) is 0 Å². The predicted octanol–water partition coefficient (Wildman–Crippen LogP) is 3.63. The van der Waals surface area contributed by atoms with E-state index < -0.39 is 82.4 Å². The van der Waals surface area contributed by atoms with Crippen LogP contribution in [0, 0.1) is 11.7 Å². The van der Waals surface area contributed by atoms with E-state index in [1.807, 2.05) is 0 Å². The lowest BCUT2D eigenvalue weighted by Crippen LogP contribution is -2.54. The molecule has 2 atom stereocenters. The molecule has 236 valence electrons. The molecule has 0 saturated heterocycles. The highest BCUT2D eigenvalue weighted by Gasteiger charge is 2.30. The highest BCUT2D eigenvalue weighted by Crippen LogP contribution is 2.26. The van der Waals surface area contributed by atoms with Crippen molar-refractivity contribution in [1.82, 2.24) is 10.6 Å². The van der Waals surface area contributed by atoms with Gasteiger partial charge in [-0.3, -0.25) is 19.2 Å². The Kier molecular flexibility index (Phi) is 13.3. The monoisotopic (exact) mass is 666 g/mol. The first-order chi connectivity index (χ1) is 20.0. The number of sulfone groups is 1. The molecular formula is C27H30ClF3N2O8S2. The molecule has 0 aromatic heterocycles. The minimum absolute atomic E-state index is 0.00740. The van der Waals surface area contributed by atoms with E-state index in [-0.39, 0.29) is 32.6 Å². The average molecular weight is 667 g/mol. The van der Waals surface area contributed by atoms with E-state index in [4.69, 9.17) is 11.6 Å². The molecule has 0 heterocycles. The van der Waals surface area contributed by atoms with Crippen LogP contribution in [0.5, 0.6) is 5.75 Å². The SMILES string of the molecule is CC(C)[C@H](NC(=O)Cc1cc(S(C)(=O)=O)ccc1OC(F)F)C(=O)NC(CC(=O)O)C(=O)CSCc1c(F)cccc1Cl. The Morgan fingerprint density at radius 2 is 1.77 bits per heavy atom. The summed E-state index contributed by atoms with van der Waals surface area (Å²) < 4.78 is 68.0. The quantitative estimate of drug-likeness (QED) is 0.244. The van der Waals surface area contributed by atoms with Gasteiger partial charge in [-0.05, 0) is 36.2 Å². The number of benzene rings is 2. The topological polar surface area (TPSA) is 156 Å². The molecule has 2 aromatic carbocycles. The molecule has 0 radical (unpaired) electrons. The highest BCUT2D eigenvalue weighted by molar-refractivity contribution is 7.99. The van der Waals surface area contributed by atoms with E-state index >= 15 is 0 Å². The second-order valence-electron chi connectivity index (χ2n) is 9.70. The van der Waals surface area contributed by atoms with Crippen LogP contribution in [0.2, 0.25) is 5.02 Å². The van der Waals surface area contributed by atoms with Gasteiger partial charge in [-0.25, -0.2) is 12.8 Å². The Labute approximate surface area is 255 Å². The minimum atomic E-state index is -3.76. The van der Waals surface area contributed by atoms with Crippen LogP contribution < -0.4 is 15.4 Å². The van der Waals surface area contributed by atoms with Crippen LogP contribution >= 0.6 is 23.4 Å². The molecule has 2 amide bonds. The number of thioether (sulfide) groups is 1. The van der Waals surface area contributed by atoms with E-state index in [0.29, 0.717) is 0 Å². The molecule has 43 heavy (non-hydrogen) atoms. The van der Waals surface area contributed by atoms with Crippen molar-refractivity contribution in [2.24, 2.45) is 5.92 Å². The predicted molar refractivity (Wildman–Crippen MR) is 153 cm³/mol. The van der Waals surface area contributed by atoms with Gasteiger partial charge in [0.2, 0.25) is 11.8 Å². The standard InChI is InChI=1S/C27H30ClF3N2O8S2/c1-14(2)25(33-23(35)10-15-9-16(43(3,39)40)7-8-22(15)41-27(30)31)26(38)32-20(11-24(36)37)21(34)13-42-12-17-18(28)5-4-6-19(17)29/h4-9,14,20,25,27H,10-13H2,1-3H3,(H,32,38)(H,33,35)(H,36,37)/t20?,25-/m0/s1. The van der Waals surface area contributed by atoms with E-state index in [2.05, 4.69) is 15.4 Å². The van der Waals surface area contributed by atoms with Gasteiger partial charge in [0.15, 0.2) is 15.6 Å². The van der Waals surface area contributed by atoms with E-state index in [9.17, 15) is 45.9 Å². The number of carboxylic acid groups (broad SMARTS) is 1. The number of halogens is 4. The molecule has 0 spiro atoms. The maximum absolute atomic E-state index is 14.0. The summed E-state index contributed by atoms with van der Waals surface area (Å²) in [4.78, 5) is 50.0. The van der Waals surface area contributed by atoms with Gasteiger partial charge in [-0.1, -0.05) is 31.5 Å². The summed E-state index contributed by atoms with van der Waals surface area (Å²) in [6, 6.07) is 4.35. The first-order valence-electron chi connectivity index (χ1n) is 12.6. The van der Waals surface area contributed by atoms with Crippen LogP contribution in [0.3, 0.4) is 0 Å². The van der Waals surface area contributed by atoms with Gasteiger partial charge >= 0.3 is 12.6 Å². The Bertz CT molecular complexity index is 1440. The van der Waals surface area contributed by atoms with Crippen molar-refractivity contribution in [2.45, 2.75) is 56.0 Å². The van der Waals surface area contributed by atoms with Crippen LogP contribution in [0.15, 0.2) is 41.3 Å². The number of Topliss-reactive ketones (excluding diaryl/α,β-unsaturated/α-hetero) is 1. The number of nitrogens with one attached hydrogen (secondary N) is 2. The number of hydrogen-bond donors (Lipinski definition) is 3. The molecule has 0 fully saturated rings. The number of hydrogen-bond acceptors (Lipinski definition) is 8. The van der Waals surface area contributed by atoms with Crippen LogP contribution in [0.1, 0.15) is 31.4 Å². The van der Waals surface area contributed by atoms with Crippen molar-refractivity contribution in [3.05, 3.63) is 58.4 Å². The first kappa shape index (κ1) is 35.9. The lowest BCUT2D eigenvalue weighted by atomic mass is 10.0. The number of amides is 2. The lowest BCUT2D eigenvalue weighted by Gasteiger charge is -2.25. The number of carbonyl (C=O) groups excluding carboxylic acids is 3. The fourth-order valence-electron chi connectivity index (χ4n) is 3.77. The molecular weight excluding hydrogens is 637 g/mol. The number of alkyl halides is 2. The second kappa shape index (κ2) is 16.0. The normalized spacial score (nSPS) is 13.0. The number of aliphatic carboxylic acids is 1. The fraction of sp³-hybridized carbons (Fsp3) is 0.407. The van der Waals surface area contributed by atoms with Gasteiger partial charge < -0.3 is 20.5 Å². The third-order valence-corrected chi connectivity index (χ3v) is 8.37. The average Bonchev–Trinajstić information content (AvgIpc) is 2.88. The molecule has 2 rings (SSSR count). The number of ketones is 1. The number of carboxylic acids is 1. The fourth-order valence-corrected chi connectivity index (χ4v) is 5.76. The molecule has 0 saturated carbocycles. The summed E-state index contributed by atoms with van der Waals surface area (Å²) in [7, 11) is -3.76. The smallest absolute Gasteiger partial charge is 0.387 e. The molecule has 3 N–H and O–H groups in total. The number of carbonyl (C=O) groups is 4. The Morgan fingerprint density at radius 1 is 1.09 bits per heavy atom. The van der Waals surface area contributed by atoms with Gasteiger partial charge in [0.25, 0.3) is 0 Å². The second-order valence-corrected chi connectivity index (χ2v) is 13.1. The maximum Gasteiger partial charge on any atom is 0.387 e. The Balaban J connectivity index is 2.15. The third kappa shape index (κ3) is 11.4. The molecule has 1 unspecified atom stereocenters. The zero-order chi connectivity index (χ0) is 32.5. The van der Waals surface area contributed by atoms with Crippen LogP contribution in [-0.4, -0.2) is 67.8 Å². The van der Waals surface area contributed by atoms with Crippen molar-refractivity contribution < 1.29 is 50.6 Å². The van der Waals surface area contributed by atoms with Crippen LogP contribution in [0.25, 0.3) is 0 Å². The zero-order valence-corrected chi connectivity index (χ0v) is 25.6. The van der Waals surface area contributed by atoms with Crippen molar-refractivity contribution >= 4 is 56.8 Å². The summed E-state index contributed by atoms with van der Waals surface area (Å²) in [5.41, 5.74) is -0.0258. The van der Waals surface area contributed by atoms with Gasteiger partial charge in [0.1, 0.15) is 17.6 Å². The molecule has 10 nitrogen and oxygen atoms in total. The zero-order valence-electron chi connectivity index (χ0n) is 23.2.